The highest BCUT2D eigenvalue weighted by Gasteiger charge is 2.30. The first-order valence-electron chi connectivity index (χ1n) is 10.3. The molecule has 158 valence electrons. The van der Waals surface area contributed by atoms with Gasteiger partial charge in [-0.15, -0.1) is 0 Å². The third-order valence-corrected chi connectivity index (χ3v) is 5.38. The van der Waals surface area contributed by atoms with E-state index in [9.17, 15) is 4.79 Å². The summed E-state index contributed by atoms with van der Waals surface area (Å²) in [6, 6.07) is 5.86. The van der Waals surface area contributed by atoms with E-state index in [1.807, 2.05) is 32.9 Å². The van der Waals surface area contributed by atoms with Crippen molar-refractivity contribution in [1.82, 2.24) is 15.3 Å². The third-order valence-electron chi connectivity index (χ3n) is 5.38. The minimum absolute atomic E-state index is 0.0593. The minimum atomic E-state index is -0.540. The van der Waals surface area contributed by atoms with Gasteiger partial charge in [-0.3, -0.25) is 4.98 Å². The molecular formula is C22H32N4O3. The minimum Gasteiger partial charge on any atom is -0.481 e. The number of carbonyl (C=O) groups is 1. The number of hydrogen-bond acceptors (Lipinski definition) is 6. The zero-order valence-electron chi connectivity index (χ0n) is 17.8. The molecule has 1 atom stereocenters. The second kappa shape index (κ2) is 8.95. The Hall–Kier alpha value is -2.41. The maximum absolute atomic E-state index is 12.5. The largest absolute Gasteiger partial charge is 0.481 e. The Balaban J connectivity index is 1.86. The van der Waals surface area contributed by atoms with Crippen LogP contribution in [0.1, 0.15) is 52.0 Å². The normalized spacial score (nSPS) is 20.9. The number of aromatic nitrogens is 2. The zero-order valence-corrected chi connectivity index (χ0v) is 17.8. The van der Waals surface area contributed by atoms with Crippen molar-refractivity contribution in [3.05, 3.63) is 30.0 Å². The van der Waals surface area contributed by atoms with E-state index in [1.54, 1.807) is 19.4 Å². The van der Waals surface area contributed by atoms with E-state index in [0.29, 0.717) is 18.2 Å². The van der Waals surface area contributed by atoms with Crippen molar-refractivity contribution in [1.29, 1.82) is 0 Å². The molecule has 1 unspecified atom stereocenters. The number of ether oxygens (including phenoxy) is 2. The van der Waals surface area contributed by atoms with Crippen LogP contribution in [0, 0.1) is 5.92 Å². The molecule has 3 N–H and O–H groups in total. The average molecular weight is 401 g/mol. The summed E-state index contributed by atoms with van der Waals surface area (Å²) in [5, 5.41) is 3.12. The third kappa shape index (κ3) is 5.79. The number of hydrogen-bond donors (Lipinski definition) is 2. The quantitative estimate of drug-likeness (QED) is 0.796. The van der Waals surface area contributed by atoms with Gasteiger partial charge in [-0.25, -0.2) is 9.78 Å². The SMILES string of the molecule is COc1ccc2nccc(CC(NC(=O)OC(C)(C)C)[C@H]3CC[C@H](N)CC3)c2n1. The Morgan fingerprint density at radius 1 is 1.24 bits per heavy atom. The summed E-state index contributed by atoms with van der Waals surface area (Å²) in [5.74, 6) is 0.892. The van der Waals surface area contributed by atoms with Gasteiger partial charge in [0.05, 0.1) is 18.1 Å². The van der Waals surface area contributed by atoms with E-state index in [2.05, 4.69) is 15.3 Å². The molecule has 2 aromatic heterocycles. The first-order chi connectivity index (χ1) is 13.7. The van der Waals surface area contributed by atoms with E-state index in [0.717, 1.165) is 42.3 Å². The van der Waals surface area contributed by atoms with Crippen LogP contribution in [-0.4, -0.2) is 40.9 Å². The molecule has 1 fully saturated rings. The maximum atomic E-state index is 12.5. The van der Waals surface area contributed by atoms with Crippen LogP contribution >= 0.6 is 0 Å². The summed E-state index contributed by atoms with van der Waals surface area (Å²) in [6.45, 7) is 5.61. The summed E-state index contributed by atoms with van der Waals surface area (Å²) < 4.78 is 10.8. The number of amides is 1. The summed E-state index contributed by atoms with van der Waals surface area (Å²) >= 11 is 0. The number of methoxy groups -OCH3 is 1. The predicted molar refractivity (Wildman–Crippen MR) is 113 cm³/mol. The number of nitrogens with two attached hydrogens (primary N) is 1. The highest BCUT2D eigenvalue weighted by atomic mass is 16.6. The molecule has 7 nitrogen and oxygen atoms in total. The van der Waals surface area contributed by atoms with Crippen molar-refractivity contribution in [3.63, 3.8) is 0 Å². The summed E-state index contributed by atoms with van der Waals surface area (Å²) in [6.07, 6.45) is 5.97. The lowest BCUT2D eigenvalue weighted by Gasteiger charge is -2.34. The molecule has 1 saturated carbocycles. The van der Waals surface area contributed by atoms with Crippen molar-refractivity contribution in [2.45, 2.75) is 70.6 Å². The van der Waals surface area contributed by atoms with Gasteiger partial charge in [0, 0.05) is 24.3 Å². The molecule has 0 bridgehead atoms. The van der Waals surface area contributed by atoms with E-state index in [4.69, 9.17) is 15.2 Å². The van der Waals surface area contributed by atoms with Crippen LogP contribution in [0.3, 0.4) is 0 Å². The molecule has 0 spiro atoms. The van der Waals surface area contributed by atoms with Gasteiger partial charge in [0.15, 0.2) is 0 Å². The van der Waals surface area contributed by atoms with E-state index in [-0.39, 0.29) is 18.2 Å². The monoisotopic (exact) mass is 400 g/mol. The molecule has 7 heteroatoms. The molecule has 3 rings (SSSR count). The Kier molecular flexibility index (Phi) is 6.57. The Labute approximate surface area is 172 Å². The number of fused-ring (bicyclic) bond motifs is 1. The number of carbonyl (C=O) groups excluding carboxylic acids is 1. The standard InChI is InChI=1S/C22H32N4O3/c1-22(2,3)29-21(27)25-18(14-5-7-16(23)8-6-14)13-15-11-12-24-17-9-10-19(28-4)26-20(15)17/h9-12,14,16,18H,5-8,13,23H2,1-4H3,(H,25,27)/t14-,16-,18?. The molecule has 0 saturated heterocycles. The molecular weight excluding hydrogens is 368 g/mol. The van der Waals surface area contributed by atoms with Crippen LogP contribution in [0.15, 0.2) is 24.4 Å². The maximum Gasteiger partial charge on any atom is 0.407 e. The number of pyridine rings is 2. The lowest BCUT2D eigenvalue weighted by Crippen LogP contribution is -2.46. The van der Waals surface area contributed by atoms with Crippen molar-refractivity contribution >= 4 is 17.1 Å². The van der Waals surface area contributed by atoms with Gasteiger partial charge in [0.2, 0.25) is 5.88 Å². The molecule has 0 aliphatic heterocycles. The van der Waals surface area contributed by atoms with Crippen molar-refractivity contribution in [3.8, 4) is 5.88 Å². The fourth-order valence-electron chi connectivity index (χ4n) is 3.92. The fourth-order valence-corrected chi connectivity index (χ4v) is 3.92. The molecule has 1 aliphatic rings. The molecule has 2 heterocycles. The Bertz CT molecular complexity index is 842. The predicted octanol–water partition coefficient (Wildman–Crippen LogP) is 3.59. The van der Waals surface area contributed by atoms with Crippen molar-refractivity contribution in [2.24, 2.45) is 11.7 Å². The van der Waals surface area contributed by atoms with Gasteiger partial charge in [-0.1, -0.05) is 0 Å². The smallest absolute Gasteiger partial charge is 0.407 e. The summed E-state index contributed by atoms with van der Waals surface area (Å²) in [5.41, 5.74) is 8.20. The van der Waals surface area contributed by atoms with Crippen LogP contribution in [0.4, 0.5) is 4.79 Å². The number of alkyl carbamates (subject to hydrolysis) is 1. The van der Waals surface area contributed by atoms with Gasteiger partial charge in [0.25, 0.3) is 0 Å². The fraction of sp³-hybridized carbons (Fsp3) is 0.591. The highest BCUT2D eigenvalue weighted by Crippen LogP contribution is 2.29. The molecule has 1 aliphatic carbocycles. The van der Waals surface area contributed by atoms with Gasteiger partial charge in [-0.05, 0) is 76.5 Å². The highest BCUT2D eigenvalue weighted by molar-refractivity contribution is 5.78. The molecule has 1 amide bonds. The second-order valence-electron chi connectivity index (χ2n) is 8.82. The van der Waals surface area contributed by atoms with Crippen LogP contribution < -0.4 is 15.8 Å². The van der Waals surface area contributed by atoms with Gasteiger partial charge >= 0.3 is 6.09 Å². The van der Waals surface area contributed by atoms with E-state index in [1.165, 1.54) is 0 Å². The van der Waals surface area contributed by atoms with Crippen LogP contribution in [0.25, 0.3) is 11.0 Å². The molecule has 29 heavy (non-hydrogen) atoms. The number of nitrogens with zero attached hydrogens (tertiary/aromatic N) is 2. The Morgan fingerprint density at radius 2 is 1.97 bits per heavy atom. The second-order valence-corrected chi connectivity index (χ2v) is 8.82. The van der Waals surface area contributed by atoms with E-state index < -0.39 is 5.60 Å². The van der Waals surface area contributed by atoms with Crippen molar-refractivity contribution < 1.29 is 14.3 Å². The van der Waals surface area contributed by atoms with Gasteiger partial charge in [-0.2, -0.15) is 0 Å². The van der Waals surface area contributed by atoms with E-state index >= 15 is 0 Å². The Morgan fingerprint density at radius 3 is 2.62 bits per heavy atom. The molecule has 2 aromatic rings. The lowest BCUT2D eigenvalue weighted by molar-refractivity contribution is 0.0476. The van der Waals surface area contributed by atoms with Crippen LogP contribution in [-0.2, 0) is 11.2 Å². The van der Waals surface area contributed by atoms with Gasteiger partial charge in [0.1, 0.15) is 5.60 Å². The summed E-state index contributed by atoms with van der Waals surface area (Å²) in [4.78, 5) is 21.5. The molecule has 0 aromatic carbocycles. The van der Waals surface area contributed by atoms with Crippen LogP contribution in [0.5, 0.6) is 5.88 Å². The van der Waals surface area contributed by atoms with Crippen molar-refractivity contribution in [2.75, 3.05) is 7.11 Å². The zero-order chi connectivity index (χ0) is 21.0. The molecule has 0 radical (unpaired) electrons. The lowest BCUT2D eigenvalue weighted by atomic mass is 9.80. The first-order valence-corrected chi connectivity index (χ1v) is 10.3. The average Bonchev–Trinajstić information content (AvgIpc) is 2.66. The topological polar surface area (TPSA) is 99.4 Å². The number of nitrogens with one attached hydrogen (secondary N) is 1. The number of rotatable bonds is 5. The van der Waals surface area contributed by atoms with Crippen LogP contribution in [0.2, 0.25) is 0 Å². The van der Waals surface area contributed by atoms with Gasteiger partial charge < -0.3 is 20.5 Å². The summed E-state index contributed by atoms with van der Waals surface area (Å²) in [7, 11) is 1.60. The first kappa shape index (κ1) is 21.3.